The van der Waals surface area contributed by atoms with Gasteiger partial charge in [-0.05, 0) is 32.1 Å². The Labute approximate surface area is 79.8 Å². The van der Waals surface area contributed by atoms with Crippen LogP contribution in [0.25, 0.3) is 0 Å². The molecule has 1 aliphatic rings. The molecule has 0 saturated heterocycles. The molecule has 0 aromatic heterocycles. The molecular formula is C10H18NO2. The first kappa shape index (κ1) is 10.4. The van der Waals surface area contributed by atoms with Gasteiger partial charge in [0.05, 0.1) is 0 Å². The Morgan fingerprint density at radius 3 is 2.54 bits per heavy atom. The Kier molecular flexibility index (Phi) is 4.65. The van der Waals surface area contributed by atoms with E-state index in [0.29, 0.717) is 0 Å². The highest BCUT2D eigenvalue weighted by Gasteiger charge is 2.14. The monoisotopic (exact) mass is 184 g/mol. The molecule has 13 heavy (non-hydrogen) atoms. The van der Waals surface area contributed by atoms with Gasteiger partial charge < -0.3 is 10.1 Å². The first-order valence-corrected chi connectivity index (χ1v) is 5.03. The van der Waals surface area contributed by atoms with E-state index in [9.17, 15) is 4.79 Å². The maximum atomic E-state index is 10.9. The molecule has 1 aliphatic carbocycles. The molecule has 1 radical (unpaired) electrons. The van der Waals surface area contributed by atoms with Crippen molar-refractivity contribution in [1.29, 1.82) is 0 Å². The second-order valence-corrected chi connectivity index (χ2v) is 3.43. The molecule has 0 spiro atoms. The third kappa shape index (κ3) is 4.15. The normalized spacial score (nSPS) is 20.1. The summed E-state index contributed by atoms with van der Waals surface area (Å²) in [6.45, 7) is 0. The number of ether oxygens (including phenoxy) is 1. The molecule has 0 aromatic carbocycles. The molecule has 0 aromatic rings. The first-order valence-electron chi connectivity index (χ1n) is 5.03. The summed E-state index contributed by atoms with van der Waals surface area (Å²) in [5.41, 5.74) is 0. The molecule has 0 aliphatic heterocycles. The fourth-order valence-electron chi connectivity index (χ4n) is 1.60. The van der Waals surface area contributed by atoms with Gasteiger partial charge in [-0.2, -0.15) is 0 Å². The maximum Gasteiger partial charge on any atom is 0.407 e. The lowest BCUT2D eigenvalue weighted by atomic mass is 9.99. The van der Waals surface area contributed by atoms with Crippen LogP contribution < -0.4 is 5.32 Å². The molecule has 1 fully saturated rings. The van der Waals surface area contributed by atoms with E-state index in [1.165, 1.54) is 0 Å². The average molecular weight is 184 g/mol. The van der Waals surface area contributed by atoms with Crippen molar-refractivity contribution in [3.63, 3.8) is 0 Å². The van der Waals surface area contributed by atoms with Crippen LogP contribution >= 0.6 is 0 Å². The van der Waals surface area contributed by atoms with E-state index in [0.717, 1.165) is 38.5 Å². The number of amides is 1. The number of carbonyl (C=O) groups is 1. The lowest BCUT2D eigenvalue weighted by Gasteiger charge is -2.19. The number of rotatable bonds is 1. The molecule has 1 N–H and O–H groups in total. The van der Waals surface area contributed by atoms with Gasteiger partial charge in [0.1, 0.15) is 6.10 Å². The molecule has 1 saturated carbocycles. The number of nitrogens with one attached hydrogen (secondary N) is 1. The predicted octanol–water partition coefficient (Wildman–Crippen LogP) is 2.27. The quantitative estimate of drug-likeness (QED) is 0.679. The molecule has 0 atom stereocenters. The van der Waals surface area contributed by atoms with Crippen LogP contribution in [0, 0.1) is 6.42 Å². The summed E-state index contributed by atoms with van der Waals surface area (Å²) in [6, 6.07) is 0. The molecule has 0 heterocycles. The summed E-state index contributed by atoms with van der Waals surface area (Å²) in [6.07, 6.45) is 8.78. The molecule has 75 valence electrons. The Morgan fingerprint density at radius 1 is 1.38 bits per heavy atom. The molecular weight excluding hydrogens is 166 g/mol. The zero-order valence-electron chi connectivity index (χ0n) is 8.21. The van der Waals surface area contributed by atoms with Crippen LogP contribution in [0.15, 0.2) is 0 Å². The van der Waals surface area contributed by atoms with E-state index < -0.39 is 0 Å². The zero-order valence-corrected chi connectivity index (χ0v) is 8.21. The summed E-state index contributed by atoms with van der Waals surface area (Å²) >= 11 is 0. The van der Waals surface area contributed by atoms with E-state index >= 15 is 0 Å². The molecule has 0 unspecified atom stereocenters. The Morgan fingerprint density at radius 2 is 2.00 bits per heavy atom. The minimum Gasteiger partial charge on any atom is -0.446 e. The summed E-state index contributed by atoms with van der Waals surface area (Å²) in [4.78, 5) is 10.9. The highest BCUT2D eigenvalue weighted by atomic mass is 16.6. The minimum absolute atomic E-state index is 0.133. The van der Waals surface area contributed by atoms with Crippen molar-refractivity contribution < 1.29 is 9.53 Å². The Balaban J connectivity index is 2.25. The third-order valence-corrected chi connectivity index (χ3v) is 2.35. The van der Waals surface area contributed by atoms with Crippen LogP contribution in [0.1, 0.15) is 38.5 Å². The molecule has 0 bridgehead atoms. The third-order valence-electron chi connectivity index (χ3n) is 2.35. The van der Waals surface area contributed by atoms with Gasteiger partial charge in [0.15, 0.2) is 0 Å². The Bertz CT molecular complexity index is 151. The lowest BCUT2D eigenvalue weighted by molar-refractivity contribution is 0.0850. The van der Waals surface area contributed by atoms with Crippen molar-refractivity contribution in [3.05, 3.63) is 6.42 Å². The van der Waals surface area contributed by atoms with Gasteiger partial charge in [0.25, 0.3) is 0 Å². The van der Waals surface area contributed by atoms with E-state index in [1.54, 1.807) is 7.05 Å². The summed E-state index contributed by atoms with van der Waals surface area (Å²) in [5, 5.41) is 2.48. The number of hydrogen-bond donors (Lipinski definition) is 1. The van der Waals surface area contributed by atoms with Crippen LogP contribution in [0.3, 0.4) is 0 Å². The van der Waals surface area contributed by atoms with Gasteiger partial charge in [-0.1, -0.05) is 12.8 Å². The lowest BCUT2D eigenvalue weighted by Crippen LogP contribution is -2.26. The van der Waals surface area contributed by atoms with Crippen LogP contribution in [0.4, 0.5) is 4.79 Å². The standard InChI is InChI=1S/C10H18NO2/c1-11-10(12)13-9-7-5-3-2-4-6-8-9/h2,9H,3-8H2,1H3,(H,11,12). The van der Waals surface area contributed by atoms with Gasteiger partial charge in [0.2, 0.25) is 0 Å². The van der Waals surface area contributed by atoms with Crippen LogP contribution in [0.5, 0.6) is 0 Å². The van der Waals surface area contributed by atoms with Crippen molar-refractivity contribution in [2.75, 3.05) is 7.05 Å². The fraction of sp³-hybridized carbons (Fsp3) is 0.800. The van der Waals surface area contributed by atoms with Gasteiger partial charge in [-0.25, -0.2) is 4.79 Å². The molecule has 1 rings (SSSR count). The summed E-state index contributed by atoms with van der Waals surface area (Å²) in [5.74, 6) is 0. The predicted molar refractivity (Wildman–Crippen MR) is 51.3 cm³/mol. The molecule has 1 amide bonds. The van der Waals surface area contributed by atoms with Crippen LogP contribution in [0.2, 0.25) is 0 Å². The second kappa shape index (κ2) is 5.84. The van der Waals surface area contributed by atoms with Crippen LogP contribution in [-0.4, -0.2) is 19.2 Å². The van der Waals surface area contributed by atoms with E-state index in [1.807, 2.05) is 0 Å². The smallest absolute Gasteiger partial charge is 0.407 e. The van der Waals surface area contributed by atoms with Crippen molar-refractivity contribution in [2.24, 2.45) is 0 Å². The van der Waals surface area contributed by atoms with E-state index in [-0.39, 0.29) is 12.2 Å². The number of carbonyl (C=O) groups excluding carboxylic acids is 1. The van der Waals surface area contributed by atoms with E-state index in [4.69, 9.17) is 4.74 Å². The highest BCUT2D eigenvalue weighted by molar-refractivity contribution is 5.66. The number of hydrogen-bond acceptors (Lipinski definition) is 2. The maximum absolute atomic E-state index is 10.9. The summed E-state index contributed by atoms with van der Waals surface area (Å²) < 4.78 is 5.21. The first-order chi connectivity index (χ1) is 6.33. The molecule has 3 nitrogen and oxygen atoms in total. The second-order valence-electron chi connectivity index (χ2n) is 3.43. The summed E-state index contributed by atoms with van der Waals surface area (Å²) in [7, 11) is 1.60. The van der Waals surface area contributed by atoms with Crippen molar-refractivity contribution in [2.45, 2.75) is 44.6 Å². The van der Waals surface area contributed by atoms with Crippen LogP contribution in [-0.2, 0) is 4.74 Å². The highest BCUT2D eigenvalue weighted by Crippen LogP contribution is 2.18. The largest absolute Gasteiger partial charge is 0.446 e. The minimum atomic E-state index is -0.297. The van der Waals surface area contributed by atoms with Crippen molar-refractivity contribution in [3.8, 4) is 0 Å². The molecule has 3 heteroatoms. The van der Waals surface area contributed by atoms with Gasteiger partial charge in [-0.15, -0.1) is 0 Å². The van der Waals surface area contributed by atoms with Crippen molar-refractivity contribution in [1.82, 2.24) is 5.32 Å². The van der Waals surface area contributed by atoms with Crippen molar-refractivity contribution >= 4 is 6.09 Å². The van der Waals surface area contributed by atoms with Gasteiger partial charge in [0, 0.05) is 7.05 Å². The van der Waals surface area contributed by atoms with E-state index in [2.05, 4.69) is 11.7 Å². The number of alkyl carbamates (subject to hydrolysis) is 1. The van der Waals surface area contributed by atoms with Gasteiger partial charge in [-0.3, -0.25) is 0 Å². The SMILES string of the molecule is CNC(=O)OC1CCC[CH]CCC1. The fourth-order valence-corrected chi connectivity index (χ4v) is 1.60. The van der Waals surface area contributed by atoms with Gasteiger partial charge >= 0.3 is 6.09 Å². The average Bonchev–Trinajstić information content (AvgIpc) is 2.09. The Hall–Kier alpha value is -0.730. The topological polar surface area (TPSA) is 38.3 Å². The zero-order chi connectivity index (χ0) is 9.52.